The standard InChI is InChI=1S/C19H21BFIN3O3P3/c1-10-3-11(5-14(4-10)27-18(2,21)29)16-7-15(17(26)28-22)24-25(16)13-6-12(8-23-9-13)19(20,30)31/h3-9H,20,29-31H2,1-2H3. The molecule has 162 valence electrons. The number of pyridine rings is 1. The van der Waals surface area contributed by atoms with E-state index in [4.69, 9.17) is 7.80 Å². The Bertz CT molecular complexity index is 1130. The van der Waals surface area contributed by atoms with Crippen molar-refractivity contribution in [2.75, 3.05) is 0 Å². The van der Waals surface area contributed by atoms with Crippen LogP contribution in [0.2, 0.25) is 0 Å². The van der Waals surface area contributed by atoms with Crippen LogP contribution < -0.4 is 4.74 Å². The van der Waals surface area contributed by atoms with E-state index in [0.29, 0.717) is 22.7 Å². The molecule has 4 atom stereocenters. The molecule has 1 aromatic carbocycles. The van der Waals surface area contributed by atoms with E-state index in [2.05, 4.69) is 28.6 Å². The molecule has 3 rings (SSSR count). The van der Waals surface area contributed by atoms with E-state index in [0.717, 1.165) is 11.1 Å². The summed E-state index contributed by atoms with van der Waals surface area (Å²) >= 11 is 1.53. The van der Waals surface area contributed by atoms with Crippen LogP contribution in [0, 0.1) is 6.92 Å². The summed E-state index contributed by atoms with van der Waals surface area (Å²) in [5, 5.41) is 4.45. The summed E-state index contributed by atoms with van der Waals surface area (Å²) in [5.74, 6) is -0.216. The van der Waals surface area contributed by atoms with Crippen molar-refractivity contribution in [2.24, 2.45) is 0 Å². The predicted molar refractivity (Wildman–Crippen MR) is 140 cm³/mol. The lowest BCUT2D eigenvalue weighted by Gasteiger charge is -2.20. The van der Waals surface area contributed by atoms with Crippen molar-refractivity contribution in [3.63, 3.8) is 0 Å². The molecule has 0 fully saturated rings. The van der Waals surface area contributed by atoms with E-state index < -0.39 is 11.6 Å². The number of carbonyl (C=O) groups excluding carboxylic acids is 1. The second-order valence-electron chi connectivity index (χ2n) is 7.53. The highest BCUT2D eigenvalue weighted by molar-refractivity contribution is 14.1. The lowest BCUT2D eigenvalue weighted by molar-refractivity contribution is 0.0473. The summed E-state index contributed by atoms with van der Waals surface area (Å²) < 4.78 is 25.9. The Balaban J connectivity index is 2.20. The third-order valence-corrected chi connectivity index (χ3v) is 5.43. The van der Waals surface area contributed by atoms with Crippen LogP contribution in [-0.2, 0) is 7.86 Å². The summed E-state index contributed by atoms with van der Waals surface area (Å²) in [6.45, 7) is 3.18. The number of halogens is 2. The Hall–Kier alpha value is -1.14. The van der Waals surface area contributed by atoms with E-state index in [1.807, 2.05) is 36.1 Å². The first kappa shape index (κ1) is 24.5. The minimum Gasteiger partial charge on any atom is -0.455 e. The van der Waals surface area contributed by atoms with Crippen molar-refractivity contribution in [3.05, 3.63) is 59.5 Å². The van der Waals surface area contributed by atoms with Gasteiger partial charge in [0.25, 0.3) is 5.60 Å². The van der Waals surface area contributed by atoms with Gasteiger partial charge in [0.05, 0.1) is 17.6 Å². The zero-order valence-electron chi connectivity index (χ0n) is 17.1. The van der Waals surface area contributed by atoms with E-state index in [1.54, 1.807) is 35.3 Å². The van der Waals surface area contributed by atoms with Gasteiger partial charge in [-0.05, 0) is 53.2 Å². The van der Waals surface area contributed by atoms with Crippen molar-refractivity contribution < 1.29 is 17.0 Å². The average molecular weight is 589 g/mol. The van der Waals surface area contributed by atoms with Gasteiger partial charge in [-0.15, -0.1) is 18.5 Å². The van der Waals surface area contributed by atoms with E-state index in [9.17, 15) is 9.18 Å². The Morgan fingerprint density at radius 3 is 2.52 bits per heavy atom. The molecule has 0 spiro atoms. The highest BCUT2D eigenvalue weighted by Crippen LogP contribution is 2.36. The maximum absolute atomic E-state index is 14.0. The molecule has 31 heavy (non-hydrogen) atoms. The summed E-state index contributed by atoms with van der Waals surface area (Å²) in [6, 6.07) is 8.92. The molecule has 0 N–H and O–H groups in total. The van der Waals surface area contributed by atoms with Crippen molar-refractivity contribution in [2.45, 2.75) is 24.2 Å². The van der Waals surface area contributed by atoms with Gasteiger partial charge in [-0.2, -0.15) is 9.49 Å². The molecule has 12 heteroatoms. The second kappa shape index (κ2) is 9.39. The van der Waals surface area contributed by atoms with Crippen molar-refractivity contribution in [1.82, 2.24) is 14.8 Å². The SMILES string of the molecule is BC(P)(P)c1cncc(-n2nc(C(=O)OI)cc2-c2cc(C)cc(OC(C)(F)P)c2)c1. The van der Waals surface area contributed by atoms with Crippen LogP contribution in [0.15, 0.2) is 42.7 Å². The lowest BCUT2D eigenvalue weighted by Crippen LogP contribution is -2.16. The number of alkyl halides is 1. The Kier molecular flexibility index (Phi) is 7.42. The van der Waals surface area contributed by atoms with Crippen molar-refractivity contribution >= 4 is 64.5 Å². The normalized spacial score (nSPS) is 13.5. The Morgan fingerprint density at radius 1 is 1.19 bits per heavy atom. The molecule has 4 unspecified atom stereocenters. The lowest BCUT2D eigenvalue weighted by atomic mass is 9.96. The fourth-order valence-corrected chi connectivity index (χ4v) is 3.62. The van der Waals surface area contributed by atoms with Crippen LogP contribution in [0.1, 0.15) is 28.5 Å². The number of benzene rings is 1. The van der Waals surface area contributed by atoms with Gasteiger partial charge in [0.1, 0.15) is 13.6 Å². The van der Waals surface area contributed by atoms with Crippen molar-refractivity contribution in [3.8, 4) is 22.7 Å². The molecule has 0 saturated heterocycles. The van der Waals surface area contributed by atoms with E-state index in [-0.39, 0.29) is 10.5 Å². The summed E-state index contributed by atoms with van der Waals surface area (Å²) in [6.07, 6.45) is 3.43. The van der Waals surface area contributed by atoms with Gasteiger partial charge in [-0.3, -0.25) is 4.98 Å². The van der Waals surface area contributed by atoms with Crippen LogP contribution in [0.4, 0.5) is 4.39 Å². The number of rotatable bonds is 6. The number of nitrogens with zero attached hydrogens (tertiary/aromatic N) is 3. The molecule has 2 aromatic heterocycles. The minimum atomic E-state index is -1.91. The predicted octanol–water partition coefficient (Wildman–Crippen LogP) is 4.14. The highest BCUT2D eigenvalue weighted by atomic mass is 127. The maximum atomic E-state index is 14.0. The highest BCUT2D eigenvalue weighted by Gasteiger charge is 2.22. The molecule has 0 amide bonds. The largest absolute Gasteiger partial charge is 0.455 e. The summed E-state index contributed by atoms with van der Waals surface area (Å²) in [4.78, 5) is 16.2. The molecule has 0 bridgehead atoms. The molecule has 0 aliphatic heterocycles. The summed E-state index contributed by atoms with van der Waals surface area (Å²) in [5.41, 5.74) is 2.02. The quantitative estimate of drug-likeness (QED) is 0.246. The third kappa shape index (κ3) is 6.22. The fraction of sp³-hybridized carbons (Fsp3) is 0.211. The van der Waals surface area contributed by atoms with Gasteiger partial charge in [0, 0.05) is 18.7 Å². The third-order valence-electron chi connectivity index (χ3n) is 4.24. The van der Waals surface area contributed by atoms with E-state index in [1.165, 1.54) is 29.9 Å². The smallest absolute Gasteiger partial charge is 0.368 e. The van der Waals surface area contributed by atoms with Gasteiger partial charge in [-0.25, -0.2) is 9.48 Å². The monoisotopic (exact) mass is 589 g/mol. The Labute approximate surface area is 202 Å². The average Bonchev–Trinajstić information content (AvgIpc) is 3.10. The van der Waals surface area contributed by atoms with Crippen LogP contribution >= 0.6 is 50.7 Å². The van der Waals surface area contributed by atoms with Crippen LogP contribution in [0.25, 0.3) is 16.9 Å². The zero-order valence-corrected chi connectivity index (χ0v) is 22.7. The van der Waals surface area contributed by atoms with Gasteiger partial charge in [0.15, 0.2) is 28.7 Å². The topological polar surface area (TPSA) is 66.2 Å². The number of hydrogen-bond donors (Lipinski definition) is 0. The molecule has 0 saturated carbocycles. The van der Waals surface area contributed by atoms with Gasteiger partial charge in [-0.1, -0.05) is 9.24 Å². The Morgan fingerprint density at radius 2 is 1.90 bits per heavy atom. The molecule has 3 aromatic rings. The molecular weight excluding hydrogens is 568 g/mol. The zero-order chi connectivity index (χ0) is 23.0. The van der Waals surface area contributed by atoms with Crippen LogP contribution in [-0.4, -0.2) is 34.2 Å². The van der Waals surface area contributed by atoms with Gasteiger partial charge in [0.2, 0.25) is 0 Å². The van der Waals surface area contributed by atoms with Crippen molar-refractivity contribution in [1.29, 1.82) is 0 Å². The molecule has 0 aliphatic carbocycles. The molecule has 2 heterocycles. The number of carbonyl (C=O) groups is 1. The number of aryl methyl sites for hydroxylation is 1. The number of aromatic nitrogens is 3. The summed E-state index contributed by atoms with van der Waals surface area (Å²) in [7, 11) is 9.53. The van der Waals surface area contributed by atoms with Gasteiger partial charge < -0.3 is 7.80 Å². The van der Waals surface area contributed by atoms with Crippen LogP contribution in [0.5, 0.6) is 5.75 Å². The maximum Gasteiger partial charge on any atom is 0.368 e. The van der Waals surface area contributed by atoms with Gasteiger partial charge >= 0.3 is 5.97 Å². The first-order valence-electron chi connectivity index (χ1n) is 9.13. The molecular formula is C19H21BFIN3O3P3. The fourth-order valence-electron chi connectivity index (χ4n) is 2.95. The first-order chi connectivity index (χ1) is 14.4. The van der Waals surface area contributed by atoms with Crippen LogP contribution in [0.3, 0.4) is 0 Å². The molecule has 6 nitrogen and oxygen atoms in total. The molecule has 0 aliphatic rings. The van der Waals surface area contributed by atoms with E-state index >= 15 is 0 Å². The number of hydrogen-bond acceptors (Lipinski definition) is 5. The number of ether oxygens (including phenoxy) is 1. The first-order valence-corrected chi connectivity index (χ1v) is 11.7. The molecule has 0 radical (unpaired) electrons. The second-order valence-corrected chi connectivity index (χ2v) is 12.1. The minimum absolute atomic E-state index is 0.139.